The van der Waals surface area contributed by atoms with Crippen LogP contribution in [0, 0.1) is 0 Å². The number of pyridine rings is 1. The van der Waals surface area contributed by atoms with Crippen molar-refractivity contribution in [2.24, 2.45) is 0 Å². The third kappa shape index (κ3) is 12.6. The van der Waals surface area contributed by atoms with Gasteiger partial charge in [0.25, 0.3) is 5.91 Å². The van der Waals surface area contributed by atoms with Gasteiger partial charge in [0.05, 0.1) is 26.4 Å². The first-order valence-corrected chi connectivity index (χ1v) is 17.4. The summed E-state index contributed by atoms with van der Waals surface area (Å²) in [6, 6.07) is 18.0. The zero-order valence-corrected chi connectivity index (χ0v) is 29.0. The Kier molecular flexibility index (Phi) is 17.2. The van der Waals surface area contributed by atoms with Crippen molar-refractivity contribution < 1.29 is 33.1 Å². The first-order valence-electron chi connectivity index (χ1n) is 17.4. The van der Waals surface area contributed by atoms with Gasteiger partial charge < -0.3 is 18.9 Å². The highest BCUT2D eigenvalue weighted by Crippen LogP contribution is 2.29. The predicted molar refractivity (Wildman–Crippen MR) is 185 cm³/mol. The molecule has 2 amide bonds. The molecule has 8 nitrogen and oxygen atoms in total. The van der Waals surface area contributed by atoms with Gasteiger partial charge in [-0.3, -0.25) is 4.79 Å². The first-order chi connectivity index (χ1) is 23.0. The Labute approximate surface area is 282 Å². The summed E-state index contributed by atoms with van der Waals surface area (Å²) >= 11 is 0. The fourth-order valence-electron chi connectivity index (χ4n) is 5.58. The second-order valence-corrected chi connectivity index (χ2v) is 11.8. The zero-order valence-electron chi connectivity index (χ0n) is 29.0. The number of carbonyl (C=O) groups is 2. The van der Waals surface area contributed by atoms with Crippen molar-refractivity contribution in [3.05, 3.63) is 83.7 Å². The zero-order chi connectivity index (χ0) is 33.7. The molecule has 0 aliphatic rings. The molecule has 3 rings (SSSR count). The van der Waals surface area contributed by atoms with E-state index in [2.05, 4.69) is 6.92 Å². The summed E-state index contributed by atoms with van der Waals surface area (Å²) in [5.74, 6) is 1.12. The van der Waals surface area contributed by atoms with Gasteiger partial charge in [0, 0.05) is 12.1 Å². The van der Waals surface area contributed by atoms with Crippen LogP contribution in [0.25, 0.3) is 0 Å². The summed E-state index contributed by atoms with van der Waals surface area (Å²) in [6.45, 7) is 5.59. The average Bonchev–Trinajstić information content (AvgIpc) is 3.11. The molecule has 0 radical (unpaired) electrons. The quantitative estimate of drug-likeness (QED) is 0.0800. The van der Waals surface area contributed by atoms with Crippen molar-refractivity contribution in [2.45, 2.75) is 111 Å². The van der Waals surface area contributed by atoms with Crippen LogP contribution in [0.2, 0.25) is 0 Å². The van der Waals surface area contributed by atoms with Crippen molar-refractivity contribution >= 4 is 12.0 Å². The Hall–Kier alpha value is -4.07. The normalized spacial score (nSPS) is 10.8. The molecular formula is C39H55N2O6+. The highest BCUT2D eigenvalue weighted by Gasteiger charge is 2.29. The minimum Gasteiger partial charge on any atom is -0.496 e. The number of hydrogen-bond donors (Lipinski definition) is 0. The molecule has 1 aromatic heterocycles. The molecule has 0 atom stereocenters. The molecule has 1 heterocycles. The van der Waals surface area contributed by atoms with Gasteiger partial charge in [-0.15, -0.1) is 0 Å². The molecular weight excluding hydrogens is 592 g/mol. The molecule has 0 spiro atoms. The monoisotopic (exact) mass is 647 g/mol. The van der Waals surface area contributed by atoms with Gasteiger partial charge in [-0.1, -0.05) is 102 Å². The summed E-state index contributed by atoms with van der Waals surface area (Å²) in [4.78, 5) is 28.3. The van der Waals surface area contributed by atoms with Gasteiger partial charge in [0.15, 0.2) is 17.7 Å². The van der Waals surface area contributed by atoms with Crippen LogP contribution in [0.5, 0.6) is 17.2 Å². The van der Waals surface area contributed by atoms with Crippen molar-refractivity contribution in [1.82, 2.24) is 4.90 Å². The number of amides is 2. The lowest BCUT2D eigenvalue weighted by Gasteiger charge is -2.21. The fourth-order valence-corrected chi connectivity index (χ4v) is 5.58. The Morgan fingerprint density at radius 1 is 0.702 bits per heavy atom. The third-order valence-corrected chi connectivity index (χ3v) is 8.34. The number of carbonyl (C=O) groups excluding carboxylic acids is 2. The van der Waals surface area contributed by atoms with Crippen LogP contribution in [0.1, 0.15) is 113 Å². The number of para-hydroxylation sites is 1. The van der Waals surface area contributed by atoms with Gasteiger partial charge in [-0.2, -0.15) is 0 Å². The van der Waals surface area contributed by atoms with Crippen LogP contribution >= 0.6 is 0 Å². The number of imide groups is 1. The molecule has 0 bridgehead atoms. The Balaban J connectivity index is 1.52. The van der Waals surface area contributed by atoms with Crippen LogP contribution in [0.15, 0.2) is 66.9 Å². The molecule has 0 fully saturated rings. The van der Waals surface area contributed by atoms with Crippen molar-refractivity contribution in [2.75, 3.05) is 20.8 Å². The molecule has 3 aromatic rings. The van der Waals surface area contributed by atoms with E-state index < -0.39 is 12.0 Å². The van der Waals surface area contributed by atoms with E-state index in [4.69, 9.17) is 18.9 Å². The first kappa shape index (κ1) is 37.4. The molecule has 256 valence electrons. The third-order valence-electron chi connectivity index (χ3n) is 8.34. The van der Waals surface area contributed by atoms with Crippen LogP contribution in [-0.2, 0) is 24.4 Å². The summed E-state index contributed by atoms with van der Waals surface area (Å²) in [6.07, 6.45) is 16.7. The maximum absolute atomic E-state index is 13.7. The number of ether oxygens (including phenoxy) is 4. The number of rotatable bonds is 22. The van der Waals surface area contributed by atoms with E-state index in [0.717, 1.165) is 29.0 Å². The topological polar surface area (TPSA) is 78.2 Å². The predicted octanol–water partition coefficient (Wildman–Crippen LogP) is 9.07. The molecule has 0 N–H and O–H groups in total. The maximum atomic E-state index is 13.7. The summed E-state index contributed by atoms with van der Waals surface area (Å²) in [5, 5.41) is 0. The van der Waals surface area contributed by atoms with Crippen LogP contribution < -0.4 is 18.8 Å². The highest BCUT2D eigenvalue weighted by atomic mass is 16.6. The number of unbranched alkanes of at least 4 members (excludes halogenated alkanes) is 11. The second-order valence-electron chi connectivity index (χ2n) is 11.8. The Morgan fingerprint density at radius 2 is 1.34 bits per heavy atom. The van der Waals surface area contributed by atoms with Gasteiger partial charge in [0.1, 0.15) is 25.4 Å². The van der Waals surface area contributed by atoms with E-state index in [0.29, 0.717) is 30.4 Å². The van der Waals surface area contributed by atoms with Crippen molar-refractivity contribution in [3.8, 4) is 17.2 Å². The molecule has 0 saturated carbocycles. The lowest BCUT2D eigenvalue weighted by Crippen LogP contribution is -2.43. The van der Waals surface area contributed by atoms with Crippen LogP contribution in [0.4, 0.5) is 4.79 Å². The number of hydrogen-bond acceptors (Lipinski definition) is 6. The van der Waals surface area contributed by atoms with Crippen LogP contribution in [-0.4, -0.2) is 37.7 Å². The van der Waals surface area contributed by atoms with Crippen molar-refractivity contribution in [1.29, 1.82) is 0 Å². The fraction of sp³-hybridized carbons (Fsp3) is 0.513. The lowest BCUT2D eigenvalue weighted by molar-refractivity contribution is -0.701. The summed E-state index contributed by atoms with van der Waals surface area (Å²) in [5.41, 5.74) is 1.80. The van der Waals surface area contributed by atoms with Crippen molar-refractivity contribution in [3.63, 3.8) is 0 Å². The molecule has 0 aliphatic heterocycles. The second kappa shape index (κ2) is 21.7. The van der Waals surface area contributed by atoms with E-state index in [-0.39, 0.29) is 18.7 Å². The summed E-state index contributed by atoms with van der Waals surface area (Å²) < 4.78 is 24.7. The number of methoxy groups -OCH3 is 2. The molecule has 2 aromatic carbocycles. The minimum atomic E-state index is -0.751. The number of benzene rings is 2. The smallest absolute Gasteiger partial charge is 0.417 e. The van der Waals surface area contributed by atoms with E-state index in [1.807, 2.05) is 48.0 Å². The minimum absolute atomic E-state index is 0.0352. The number of aryl methyl sites for hydroxylation is 1. The number of nitrogens with zero attached hydrogens (tertiary/aromatic N) is 2. The Bertz CT molecular complexity index is 1360. The molecule has 0 saturated heterocycles. The Morgan fingerprint density at radius 3 is 2.00 bits per heavy atom. The van der Waals surface area contributed by atoms with E-state index in [1.165, 1.54) is 71.3 Å². The SMILES string of the molecule is CCCCCCCCCCCCCCOc1ccc(COC(=O)N(Cc2cccc[n+]2CC)C(=O)c2ccccc2OC)cc1OC. The summed E-state index contributed by atoms with van der Waals surface area (Å²) in [7, 11) is 3.09. The number of aromatic nitrogens is 1. The average molecular weight is 648 g/mol. The van der Waals surface area contributed by atoms with Crippen LogP contribution in [0.3, 0.4) is 0 Å². The maximum Gasteiger partial charge on any atom is 0.417 e. The largest absolute Gasteiger partial charge is 0.496 e. The lowest BCUT2D eigenvalue weighted by atomic mass is 10.1. The highest BCUT2D eigenvalue weighted by molar-refractivity contribution is 6.04. The standard InChI is InChI=1S/C39H55N2O6/c1-5-7-8-9-10-11-12-13-14-15-16-21-28-46-36-26-25-32(29-37(36)45-4)31-47-39(43)41(30-33-22-19-20-27-40(33)6-2)38(42)34-23-17-18-24-35(34)44-3/h17-20,22-27,29H,5-16,21,28,30-31H2,1-4H3/q+1. The van der Waals surface area contributed by atoms with Gasteiger partial charge in [-0.25, -0.2) is 14.3 Å². The van der Waals surface area contributed by atoms with E-state index >= 15 is 0 Å². The molecule has 8 heteroatoms. The van der Waals surface area contributed by atoms with E-state index in [1.54, 1.807) is 37.4 Å². The van der Waals surface area contributed by atoms with Gasteiger partial charge in [-0.05, 0) is 43.2 Å². The molecule has 47 heavy (non-hydrogen) atoms. The molecule has 0 aliphatic carbocycles. The van der Waals surface area contributed by atoms with Gasteiger partial charge in [0.2, 0.25) is 5.69 Å². The molecule has 0 unspecified atom stereocenters. The van der Waals surface area contributed by atoms with Gasteiger partial charge >= 0.3 is 6.09 Å². The van der Waals surface area contributed by atoms with E-state index in [9.17, 15) is 9.59 Å².